The predicted octanol–water partition coefficient (Wildman–Crippen LogP) is 2.23. The van der Waals surface area contributed by atoms with Crippen LogP contribution >= 0.6 is 10.7 Å². The summed E-state index contributed by atoms with van der Waals surface area (Å²) < 4.78 is 27.6. The number of halogens is 1. The lowest BCUT2D eigenvalue weighted by atomic mass is 10.2. The summed E-state index contributed by atoms with van der Waals surface area (Å²) in [4.78, 5) is 9.81. The minimum Gasteiger partial charge on any atom is -0.486 e. The van der Waals surface area contributed by atoms with E-state index in [9.17, 15) is 18.5 Å². The molecule has 0 heterocycles. The molecule has 0 radical (unpaired) electrons. The molecule has 0 aromatic heterocycles. The molecule has 0 fully saturated rings. The summed E-state index contributed by atoms with van der Waals surface area (Å²) in [6.07, 6.45) is 0. The van der Waals surface area contributed by atoms with Gasteiger partial charge in [0.1, 0.15) is 4.90 Å². The minimum atomic E-state index is -4.09. The molecule has 0 atom stereocenters. The van der Waals surface area contributed by atoms with Gasteiger partial charge in [-0.15, -0.1) is 0 Å². The van der Waals surface area contributed by atoms with Gasteiger partial charge in [-0.1, -0.05) is 6.07 Å². The molecule has 0 saturated heterocycles. The van der Waals surface area contributed by atoms with Crippen LogP contribution in [0.2, 0.25) is 0 Å². The molecule has 0 bridgehead atoms. The second-order valence-corrected chi connectivity index (χ2v) is 5.72. The van der Waals surface area contributed by atoms with E-state index in [1.54, 1.807) is 6.92 Å². The minimum absolute atomic E-state index is 0.101. The molecular weight excluding hydrogens is 270 g/mol. The van der Waals surface area contributed by atoms with Crippen LogP contribution in [0, 0.1) is 17.0 Å². The van der Waals surface area contributed by atoms with Crippen molar-refractivity contribution in [2.45, 2.75) is 18.7 Å². The van der Waals surface area contributed by atoms with Gasteiger partial charge in [0.25, 0.3) is 9.05 Å². The van der Waals surface area contributed by atoms with Crippen molar-refractivity contribution in [3.8, 4) is 5.75 Å². The SMILES string of the molecule is CCOc1c(S(=O)(=O)Cl)ccc(C)c1[N+](=O)[O-]. The molecule has 0 N–H and O–H groups in total. The van der Waals surface area contributed by atoms with Crippen molar-refractivity contribution in [3.63, 3.8) is 0 Å². The summed E-state index contributed by atoms with van der Waals surface area (Å²) in [5.74, 6) is -0.312. The number of hydrogen-bond donors (Lipinski definition) is 0. The Morgan fingerprint density at radius 2 is 2.06 bits per heavy atom. The fraction of sp³-hybridized carbons (Fsp3) is 0.333. The highest BCUT2D eigenvalue weighted by atomic mass is 35.7. The lowest BCUT2D eigenvalue weighted by Gasteiger charge is -2.09. The van der Waals surface area contributed by atoms with Gasteiger partial charge in [-0.05, 0) is 19.9 Å². The van der Waals surface area contributed by atoms with E-state index in [1.807, 2.05) is 0 Å². The largest absolute Gasteiger partial charge is 0.486 e. The van der Waals surface area contributed by atoms with E-state index in [2.05, 4.69) is 0 Å². The van der Waals surface area contributed by atoms with Crippen molar-refractivity contribution in [1.82, 2.24) is 0 Å². The molecule has 0 saturated carbocycles. The third-order valence-electron chi connectivity index (χ3n) is 2.03. The Morgan fingerprint density at radius 3 is 2.47 bits per heavy atom. The van der Waals surface area contributed by atoms with Crippen molar-refractivity contribution in [3.05, 3.63) is 27.8 Å². The first-order chi connectivity index (χ1) is 7.79. The van der Waals surface area contributed by atoms with E-state index in [0.717, 1.165) is 0 Å². The highest BCUT2D eigenvalue weighted by Gasteiger charge is 2.28. The van der Waals surface area contributed by atoms with Crippen LogP contribution in [0.25, 0.3) is 0 Å². The van der Waals surface area contributed by atoms with Gasteiger partial charge in [-0.2, -0.15) is 0 Å². The van der Waals surface area contributed by atoms with Crippen molar-refractivity contribution in [2.24, 2.45) is 0 Å². The molecule has 6 nitrogen and oxygen atoms in total. The molecule has 0 aliphatic rings. The average Bonchev–Trinajstić information content (AvgIpc) is 2.15. The number of aryl methyl sites for hydroxylation is 1. The molecule has 0 unspecified atom stereocenters. The summed E-state index contributed by atoms with van der Waals surface area (Å²) in [5, 5.41) is 10.9. The summed E-state index contributed by atoms with van der Waals surface area (Å²) >= 11 is 0. The molecule has 0 aliphatic heterocycles. The van der Waals surface area contributed by atoms with Crippen LogP contribution in [0.4, 0.5) is 5.69 Å². The topological polar surface area (TPSA) is 86.5 Å². The summed E-state index contributed by atoms with van der Waals surface area (Å²) in [7, 11) is 1.11. The Kier molecular flexibility index (Phi) is 3.94. The molecular formula is C9H10ClNO5S. The van der Waals surface area contributed by atoms with Crippen LogP contribution in [0.1, 0.15) is 12.5 Å². The maximum Gasteiger partial charge on any atom is 0.315 e. The summed E-state index contributed by atoms with van der Waals surface area (Å²) in [6, 6.07) is 2.51. The predicted molar refractivity (Wildman–Crippen MR) is 62.0 cm³/mol. The molecule has 0 amide bonds. The number of nitro groups is 1. The van der Waals surface area contributed by atoms with Gasteiger partial charge >= 0.3 is 5.69 Å². The molecule has 8 heteroatoms. The number of ether oxygens (including phenoxy) is 1. The fourth-order valence-electron chi connectivity index (χ4n) is 1.35. The average molecular weight is 280 g/mol. The lowest BCUT2D eigenvalue weighted by molar-refractivity contribution is -0.386. The van der Waals surface area contributed by atoms with E-state index in [-0.39, 0.29) is 18.0 Å². The van der Waals surface area contributed by atoms with Crippen molar-refractivity contribution < 1.29 is 18.1 Å². The third kappa shape index (κ3) is 2.86. The van der Waals surface area contributed by atoms with Crippen LogP contribution in [0.5, 0.6) is 5.75 Å². The zero-order valence-electron chi connectivity index (χ0n) is 9.14. The van der Waals surface area contributed by atoms with Gasteiger partial charge in [-0.25, -0.2) is 8.42 Å². The fourth-order valence-corrected chi connectivity index (χ4v) is 2.33. The van der Waals surface area contributed by atoms with Crippen LogP contribution in [-0.2, 0) is 9.05 Å². The van der Waals surface area contributed by atoms with Gasteiger partial charge in [-0.3, -0.25) is 10.1 Å². The van der Waals surface area contributed by atoms with Crippen LogP contribution < -0.4 is 4.74 Å². The van der Waals surface area contributed by atoms with Crippen LogP contribution in [-0.4, -0.2) is 19.9 Å². The zero-order chi connectivity index (χ0) is 13.2. The summed E-state index contributed by atoms with van der Waals surface area (Å²) in [6.45, 7) is 3.19. The van der Waals surface area contributed by atoms with E-state index in [1.165, 1.54) is 19.1 Å². The molecule has 0 spiro atoms. The Hall–Kier alpha value is -1.34. The molecule has 17 heavy (non-hydrogen) atoms. The quantitative estimate of drug-likeness (QED) is 0.479. The van der Waals surface area contributed by atoms with E-state index >= 15 is 0 Å². The highest BCUT2D eigenvalue weighted by molar-refractivity contribution is 8.13. The van der Waals surface area contributed by atoms with Gasteiger partial charge in [0.2, 0.25) is 5.75 Å². The Balaban J connectivity index is 3.65. The lowest BCUT2D eigenvalue weighted by Crippen LogP contribution is -2.04. The number of rotatable bonds is 4. The monoisotopic (exact) mass is 279 g/mol. The van der Waals surface area contributed by atoms with E-state index < -0.39 is 18.9 Å². The van der Waals surface area contributed by atoms with E-state index in [4.69, 9.17) is 15.4 Å². The highest BCUT2D eigenvalue weighted by Crippen LogP contribution is 2.38. The summed E-state index contributed by atoms with van der Waals surface area (Å²) in [5.41, 5.74) is -0.0731. The first kappa shape index (κ1) is 13.7. The first-order valence-electron chi connectivity index (χ1n) is 4.64. The number of hydrogen-bond acceptors (Lipinski definition) is 5. The molecule has 1 aromatic carbocycles. The van der Waals surface area contributed by atoms with Gasteiger partial charge in [0, 0.05) is 16.2 Å². The number of nitro benzene ring substituents is 1. The molecule has 0 aliphatic carbocycles. The number of benzene rings is 1. The smallest absolute Gasteiger partial charge is 0.315 e. The zero-order valence-corrected chi connectivity index (χ0v) is 10.7. The number of nitrogens with zero attached hydrogens (tertiary/aromatic N) is 1. The standard InChI is InChI=1S/C9H10ClNO5S/c1-3-16-9-7(17(10,14)15)5-4-6(2)8(9)11(12)13/h4-5H,3H2,1-2H3. The van der Waals surface area contributed by atoms with Crippen molar-refractivity contribution >= 4 is 25.4 Å². The van der Waals surface area contributed by atoms with Crippen molar-refractivity contribution in [1.29, 1.82) is 0 Å². The Morgan fingerprint density at radius 1 is 1.47 bits per heavy atom. The van der Waals surface area contributed by atoms with Crippen molar-refractivity contribution in [2.75, 3.05) is 6.61 Å². The third-order valence-corrected chi connectivity index (χ3v) is 3.38. The molecule has 94 valence electrons. The Labute approximate surface area is 103 Å². The van der Waals surface area contributed by atoms with Gasteiger partial charge in [0.05, 0.1) is 11.5 Å². The second-order valence-electron chi connectivity index (χ2n) is 3.19. The van der Waals surface area contributed by atoms with Crippen LogP contribution in [0.3, 0.4) is 0 Å². The second kappa shape index (κ2) is 4.89. The van der Waals surface area contributed by atoms with Gasteiger partial charge in [0.15, 0.2) is 0 Å². The normalized spacial score (nSPS) is 11.2. The molecule has 1 rings (SSSR count). The Bertz CT molecular complexity index is 555. The van der Waals surface area contributed by atoms with E-state index in [0.29, 0.717) is 5.56 Å². The maximum absolute atomic E-state index is 11.3. The maximum atomic E-state index is 11.3. The van der Waals surface area contributed by atoms with Crippen LogP contribution in [0.15, 0.2) is 17.0 Å². The van der Waals surface area contributed by atoms with Gasteiger partial charge < -0.3 is 4.74 Å². The molecule has 1 aromatic rings. The first-order valence-corrected chi connectivity index (χ1v) is 6.95.